The number of benzene rings is 2. The van der Waals surface area contributed by atoms with Gasteiger partial charge in [0.15, 0.2) is 0 Å². The lowest BCUT2D eigenvalue weighted by molar-refractivity contribution is -0.385. The van der Waals surface area contributed by atoms with Crippen LogP contribution in [0.2, 0.25) is 0 Å². The van der Waals surface area contributed by atoms with Gasteiger partial charge < -0.3 is 15.0 Å². The highest BCUT2D eigenvalue weighted by molar-refractivity contribution is 5.98. The van der Waals surface area contributed by atoms with Crippen molar-refractivity contribution in [2.24, 2.45) is 0 Å². The summed E-state index contributed by atoms with van der Waals surface area (Å²) < 4.78 is 29.3. The summed E-state index contributed by atoms with van der Waals surface area (Å²) in [4.78, 5) is 37.8. The summed E-state index contributed by atoms with van der Waals surface area (Å²) in [7, 11) is 0. The molecular formula is C22H23F2N3O5. The molecule has 1 saturated heterocycles. The minimum absolute atomic E-state index is 0.00943. The normalized spacial score (nSPS) is 16.7. The Kier molecular flexibility index (Phi) is 7.01. The minimum atomic E-state index is -2.95. The van der Waals surface area contributed by atoms with E-state index in [1.54, 1.807) is 26.0 Å². The van der Waals surface area contributed by atoms with Gasteiger partial charge in [0.25, 0.3) is 11.6 Å². The van der Waals surface area contributed by atoms with Gasteiger partial charge in [-0.25, -0.2) is 0 Å². The first kappa shape index (κ1) is 23.1. The zero-order chi connectivity index (χ0) is 23.4. The number of nitro groups is 1. The van der Waals surface area contributed by atoms with E-state index in [1.807, 2.05) is 0 Å². The number of nitrogens with zero attached hydrogens (tertiary/aromatic N) is 2. The van der Waals surface area contributed by atoms with Crippen molar-refractivity contribution in [3.05, 3.63) is 69.3 Å². The molecule has 170 valence electrons. The van der Waals surface area contributed by atoms with Crippen LogP contribution in [-0.4, -0.2) is 40.8 Å². The van der Waals surface area contributed by atoms with Gasteiger partial charge in [-0.15, -0.1) is 0 Å². The van der Waals surface area contributed by atoms with Crippen LogP contribution in [0.4, 0.5) is 14.5 Å². The molecule has 32 heavy (non-hydrogen) atoms. The minimum Gasteiger partial charge on any atom is -0.435 e. The van der Waals surface area contributed by atoms with Gasteiger partial charge in [0, 0.05) is 23.7 Å². The number of ether oxygens (including phenoxy) is 1. The topological polar surface area (TPSA) is 102 Å². The zero-order valence-corrected chi connectivity index (χ0v) is 17.6. The Morgan fingerprint density at radius 1 is 1.25 bits per heavy atom. The number of nitro benzene ring substituents is 1. The summed E-state index contributed by atoms with van der Waals surface area (Å²) in [6.07, 6.45) is 1.12. The van der Waals surface area contributed by atoms with E-state index in [4.69, 9.17) is 0 Å². The maximum absolute atomic E-state index is 13.0. The van der Waals surface area contributed by atoms with Crippen molar-refractivity contribution < 1.29 is 28.0 Å². The summed E-state index contributed by atoms with van der Waals surface area (Å²) >= 11 is 0. The monoisotopic (exact) mass is 447 g/mol. The van der Waals surface area contributed by atoms with E-state index in [1.165, 1.54) is 35.2 Å². The van der Waals surface area contributed by atoms with Crippen LogP contribution < -0.4 is 10.1 Å². The molecule has 0 aromatic heterocycles. The molecule has 0 aliphatic carbocycles. The number of aryl methyl sites for hydroxylation is 1. The number of nitrogens with one attached hydrogen (secondary N) is 1. The molecule has 2 aromatic carbocycles. The van der Waals surface area contributed by atoms with Gasteiger partial charge in [0.05, 0.1) is 11.0 Å². The molecule has 8 nitrogen and oxygen atoms in total. The van der Waals surface area contributed by atoms with E-state index in [2.05, 4.69) is 10.1 Å². The number of rotatable bonds is 7. The fourth-order valence-electron chi connectivity index (χ4n) is 3.79. The average molecular weight is 447 g/mol. The first-order valence-corrected chi connectivity index (χ1v) is 10.1. The Morgan fingerprint density at radius 3 is 2.66 bits per heavy atom. The Morgan fingerprint density at radius 2 is 2.00 bits per heavy atom. The number of carbonyl (C=O) groups is 2. The largest absolute Gasteiger partial charge is 0.435 e. The number of alkyl halides is 2. The lowest BCUT2D eigenvalue weighted by Gasteiger charge is -2.26. The van der Waals surface area contributed by atoms with Gasteiger partial charge in [0.2, 0.25) is 5.91 Å². The molecule has 1 heterocycles. The molecule has 1 aliphatic rings. The van der Waals surface area contributed by atoms with Crippen molar-refractivity contribution in [3.63, 3.8) is 0 Å². The number of halogens is 2. The summed E-state index contributed by atoms with van der Waals surface area (Å²) in [5.41, 5.74) is 1.14. The van der Waals surface area contributed by atoms with Crippen LogP contribution in [0.3, 0.4) is 0 Å². The first-order valence-electron chi connectivity index (χ1n) is 10.1. The second-order valence-corrected chi connectivity index (χ2v) is 7.60. The highest BCUT2D eigenvalue weighted by atomic mass is 19.3. The summed E-state index contributed by atoms with van der Waals surface area (Å²) in [6.45, 7) is 0.701. The quantitative estimate of drug-likeness (QED) is 0.511. The summed E-state index contributed by atoms with van der Waals surface area (Å²) in [6, 6.07) is 8.98. The smallest absolute Gasteiger partial charge is 0.387 e. The van der Waals surface area contributed by atoms with Gasteiger partial charge in [0.1, 0.15) is 11.8 Å². The highest BCUT2D eigenvalue weighted by Gasteiger charge is 2.35. The predicted octanol–water partition coefficient (Wildman–Crippen LogP) is 3.99. The van der Waals surface area contributed by atoms with E-state index in [0.29, 0.717) is 30.5 Å². The summed E-state index contributed by atoms with van der Waals surface area (Å²) in [5.74, 6) is -0.743. The molecule has 1 aliphatic heterocycles. The molecular weight excluding hydrogens is 424 g/mol. The van der Waals surface area contributed by atoms with E-state index in [-0.39, 0.29) is 28.8 Å². The van der Waals surface area contributed by atoms with Gasteiger partial charge in [-0.05, 0) is 56.5 Å². The van der Waals surface area contributed by atoms with Crippen LogP contribution in [0.15, 0.2) is 42.5 Å². The molecule has 0 saturated carbocycles. The number of likely N-dealkylation sites (tertiary alicyclic amines) is 1. The fourth-order valence-corrected chi connectivity index (χ4v) is 3.79. The zero-order valence-electron chi connectivity index (χ0n) is 17.6. The van der Waals surface area contributed by atoms with Gasteiger partial charge >= 0.3 is 6.61 Å². The Bertz CT molecular complexity index is 1030. The molecule has 0 radical (unpaired) electrons. The van der Waals surface area contributed by atoms with Crippen molar-refractivity contribution in [2.75, 3.05) is 6.54 Å². The van der Waals surface area contributed by atoms with Crippen LogP contribution in [0.1, 0.15) is 47.3 Å². The molecule has 2 aromatic rings. The van der Waals surface area contributed by atoms with E-state index < -0.39 is 23.6 Å². The number of carbonyl (C=O) groups excluding carboxylic acids is 2. The summed E-state index contributed by atoms with van der Waals surface area (Å²) in [5, 5.41) is 13.8. The molecule has 1 N–H and O–H groups in total. The van der Waals surface area contributed by atoms with E-state index in [0.717, 1.165) is 0 Å². The van der Waals surface area contributed by atoms with Crippen LogP contribution in [0, 0.1) is 17.0 Å². The SMILES string of the molecule is Cc1cc(C(=O)N2CCCC2C(=O)NC(C)c2cccc(OC(F)F)c2)ccc1[N+](=O)[O-]. The molecule has 2 atom stereocenters. The van der Waals surface area contributed by atoms with E-state index in [9.17, 15) is 28.5 Å². The van der Waals surface area contributed by atoms with Gasteiger partial charge in [-0.3, -0.25) is 19.7 Å². The maximum atomic E-state index is 13.0. The molecule has 10 heteroatoms. The van der Waals surface area contributed by atoms with Gasteiger partial charge in [-0.2, -0.15) is 8.78 Å². The average Bonchev–Trinajstić information content (AvgIpc) is 3.22. The number of amides is 2. The van der Waals surface area contributed by atoms with Crippen LogP contribution in [0.25, 0.3) is 0 Å². The number of hydrogen-bond acceptors (Lipinski definition) is 5. The third-order valence-corrected chi connectivity index (χ3v) is 5.40. The molecule has 3 rings (SSSR count). The van der Waals surface area contributed by atoms with Crippen LogP contribution >= 0.6 is 0 Å². The molecule has 0 spiro atoms. The third kappa shape index (κ3) is 5.19. The second kappa shape index (κ2) is 9.71. The Labute approximate surface area is 183 Å². The fraction of sp³-hybridized carbons (Fsp3) is 0.364. The molecule has 0 bridgehead atoms. The van der Waals surface area contributed by atoms with E-state index >= 15 is 0 Å². The lowest BCUT2D eigenvalue weighted by Crippen LogP contribution is -2.46. The van der Waals surface area contributed by atoms with Crippen molar-refractivity contribution in [3.8, 4) is 5.75 Å². The maximum Gasteiger partial charge on any atom is 0.387 e. The molecule has 2 unspecified atom stereocenters. The Balaban J connectivity index is 1.71. The third-order valence-electron chi connectivity index (χ3n) is 5.40. The van der Waals surface area contributed by atoms with Crippen molar-refractivity contribution in [2.45, 2.75) is 45.4 Å². The lowest BCUT2D eigenvalue weighted by atomic mass is 10.1. The molecule has 1 fully saturated rings. The van der Waals surface area contributed by atoms with Crippen LogP contribution in [0.5, 0.6) is 5.75 Å². The van der Waals surface area contributed by atoms with Gasteiger partial charge in [-0.1, -0.05) is 12.1 Å². The van der Waals surface area contributed by atoms with Crippen molar-refractivity contribution in [1.29, 1.82) is 0 Å². The Hall–Kier alpha value is -3.56. The second-order valence-electron chi connectivity index (χ2n) is 7.60. The number of hydrogen-bond donors (Lipinski definition) is 1. The predicted molar refractivity (Wildman–Crippen MR) is 112 cm³/mol. The van der Waals surface area contributed by atoms with Crippen molar-refractivity contribution in [1.82, 2.24) is 10.2 Å². The molecule has 2 amide bonds. The first-order chi connectivity index (χ1) is 15.2. The van der Waals surface area contributed by atoms with Crippen LogP contribution in [-0.2, 0) is 4.79 Å². The standard InChI is InChI=1S/C22H23F2N3O5/c1-13-11-16(8-9-18(13)27(30)31)21(29)26-10-4-7-19(26)20(28)25-14(2)15-5-3-6-17(12-15)32-22(23)24/h3,5-6,8-9,11-12,14,19,22H,4,7,10H2,1-2H3,(H,25,28). The highest BCUT2D eigenvalue weighted by Crippen LogP contribution is 2.25. The van der Waals surface area contributed by atoms with Crippen molar-refractivity contribution >= 4 is 17.5 Å².